The van der Waals surface area contributed by atoms with Crippen LogP contribution in [0, 0.1) is 35.0 Å². The third kappa shape index (κ3) is 3.52. The van der Waals surface area contributed by atoms with Gasteiger partial charge >= 0.3 is 11.9 Å². The Morgan fingerprint density at radius 1 is 0.750 bits per heavy atom. The van der Waals surface area contributed by atoms with Gasteiger partial charge in [0, 0.05) is 0 Å². The quantitative estimate of drug-likeness (QED) is 0.196. The zero-order chi connectivity index (χ0) is 18.6. The van der Waals surface area contributed by atoms with Gasteiger partial charge in [0.1, 0.15) is 0 Å². The number of carbonyl (C=O) groups excluding carboxylic acids is 3. The van der Waals surface area contributed by atoms with Gasteiger partial charge in [-0.15, -0.1) is 0 Å². The van der Waals surface area contributed by atoms with Crippen molar-refractivity contribution in [3.63, 3.8) is 0 Å². The van der Waals surface area contributed by atoms with Crippen LogP contribution in [0.1, 0.15) is 24.2 Å². The lowest BCUT2D eigenvalue weighted by Crippen LogP contribution is -2.36. The Hall–Kier alpha value is -2.52. The minimum absolute atomic E-state index is 0.306. The second-order valence-corrected chi connectivity index (χ2v) is 4.25. The second kappa shape index (κ2) is 7.84. The van der Waals surface area contributed by atoms with E-state index in [9.17, 15) is 36.3 Å². The molecular formula is C14H11F5O5. The third-order valence-corrected chi connectivity index (χ3v) is 2.76. The lowest BCUT2D eigenvalue weighted by atomic mass is 9.96. The highest BCUT2D eigenvalue weighted by Gasteiger charge is 2.42. The van der Waals surface area contributed by atoms with E-state index in [1.54, 1.807) is 0 Å². The van der Waals surface area contributed by atoms with Crippen molar-refractivity contribution >= 4 is 17.7 Å². The molecule has 0 saturated carbocycles. The van der Waals surface area contributed by atoms with Crippen molar-refractivity contribution in [1.29, 1.82) is 0 Å². The molecule has 5 nitrogen and oxygen atoms in total. The summed E-state index contributed by atoms with van der Waals surface area (Å²) >= 11 is 0. The van der Waals surface area contributed by atoms with E-state index in [0.29, 0.717) is 0 Å². The molecular weight excluding hydrogens is 343 g/mol. The standard InChI is InChI=1S/C14H11F5O5/c1-3-23-13(21)6(14(22)24-4-2)12(20)5-7(15)9(17)11(19)10(18)8(5)16/h6H,3-4H2,1-2H3. The SMILES string of the molecule is CCOC(=O)C(C(=O)OCC)C(=O)c1c(F)c(F)c(F)c(F)c1F. The summed E-state index contributed by atoms with van der Waals surface area (Å²) in [5, 5.41) is 0. The molecule has 132 valence electrons. The number of esters is 2. The molecule has 10 heteroatoms. The molecule has 0 aliphatic carbocycles. The average Bonchev–Trinajstić information content (AvgIpc) is 2.52. The zero-order valence-electron chi connectivity index (χ0n) is 12.4. The molecule has 0 radical (unpaired) electrons. The fourth-order valence-corrected chi connectivity index (χ4v) is 1.73. The lowest BCUT2D eigenvalue weighted by Gasteiger charge is -2.15. The van der Waals surface area contributed by atoms with Crippen LogP contribution in [0.25, 0.3) is 0 Å². The Kier molecular flexibility index (Phi) is 6.38. The first kappa shape index (κ1) is 19.5. The van der Waals surface area contributed by atoms with Gasteiger partial charge in [0.05, 0.1) is 18.8 Å². The minimum atomic E-state index is -2.52. The van der Waals surface area contributed by atoms with Gasteiger partial charge < -0.3 is 9.47 Å². The lowest BCUT2D eigenvalue weighted by molar-refractivity contribution is -0.158. The van der Waals surface area contributed by atoms with E-state index in [1.807, 2.05) is 0 Å². The molecule has 0 aliphatic rings. The summed E-state index contributed by atoms with van der Waals surface area (Å²) < 4.78 is 75.5. The van der Waals surface area contributed by atoms with Crippen molar-refractivity contribution in [2.45, 2.75) is 13.8 Å². The van der Waals surface area contributed by atoms with Crippen molar-refractivity contribution < 1.29 is 45.8 Å². The van der Waals surface area contributed by atoms with E-state index >= 15 is 0 Å². The number of benzene rings is 1. The molecule has 0 aromatic heterocycles. The molecule has 1 rings (SSSR count). The van der Waals surface area contributed by atoms with E-state index < -0.39 is 58.3 Å². The largest absolute Gasteiger partial charge is 0.465 e. The Balaban J connectivity index is 3.49. The van der Waals surface area contributed by atoms with E-state index in [-0.39, 0.29) is 13.2 Å². The number of ketones is 1. The maximum absolute atomic E-state index is 13.7. The predicted octanol–water partition coefficient (Wildman–Crippen LogP) is 2.31. The smallest absolute Gasteiger partial charge is 0.328 e. The highest BCUT2D eigenvalue weighted by Crippen LogP contribution is 2.26. The second-order valence-electron chi connectivity index (χ2n) is 4.25. The van der Waals surface area contributed by atoms with Crippen LogP contribution < -0.4 is 0 Å². The summed E-state index contributed by atoms with van der Waals surface area (Å²) in [5.41, 5.74) is -1.92. The predicted molar refractivity (Wildman–Crippen MR) is 67.3 cm³/mol. The summed E-state index contributed by atoms with van der Waals surface area (Å²) in [6.07, 6.45) is 0. The van der Waals surface area contributed by atoms with Gasteiger partial charge in [-0.05, 0) is 13.8 Å². The highest BCUT2D eigenvalue weighted by atomic mass is 19.2. The maximum Gasteiger partial charge on any atom is 0.328 e. The van der Waals surface area contributed by atoms with Crippen LogP contribution in [0.3, 0.4) is 0 Å². The van der Waals surface area contributed by atoms with Crippen LogP contribution in [0.4, 0.5) is 22.0 Å². The van der Waals surface area contributed by atoms with Crippen molar-refractivity contribution in [3.8, 4) is 0 Å². The van der Waals surface area contributed by atoms with Gasteiger partial charge in [-0.25, -0.2) is 22.0 Å². The van der Waals surface area contributed by atoms with E-state index in [1.165, 1.54) is 13.8 Å². The van der Waals surface area contributed by atoms with Crippen molar-refractivity contribution in [2.24, 2.45) is 5.92 Å². The molecule has 0 saturated heterocycles. The number of Topliss-reactive ketones (excluding diaryl/α,β-unsaturated/α-hetero) is 1. The molecule has 0 N–H and O–H groups in total. The molecule has 0 aliphatic heterocycles. The molecule has 0 spiro atoms. The van der Waals surface area contributed by atoms with Gasteiger partial charge in [-0.1, -0.05) is 0 Å². The van der Waals surface area contributed by atoms with E-state index in [2.05, 4.69) is 9.47 Å². The van der Waals surface area contributed by atoms with Crippen molar-refractivity contribution in [1.82, 2.24) is 0 Å². The van der Waals surface area contributed by atoms with Gasteiger partial charge in [0.25, 0.3) is 0 Å². The van der Waals surface area contributed by atoms with E-state index in [0.717, 1.165) is 0 Å². The first-order chi connectivity index (χ1) is 11.2. The Morgan fingerprint density at radius 3 is 1.42 bits per heavy atom. The van der Waals surface area contributed by atoms with E-state index in [4.69, 9.17) is 0 Å². The minimum Gasteiger partial charge on any atom is -0.465 e. The number of halogens is 5. The number of hydrogen-bond donors (Lipinski definition) is 0. The third-order valence-electron chi connectivity index (χ3n) is 2.76. The average molecular weight is 354 g/mol. The number of carbonyl (C=O) groups is 3. The highest BCUT2D eigenvalue weighted by molar-refractivity contribution is 6.21. The normalized spacial score (nSPS) is 10.7. The van der Waals surface area contributed by atoms with Crippen LogP contribution in [0.5, 0.6) is 0 Å². The fourth-order valence-electron chi connectivity index (χ4n) is 1.73. The number of ether oxygens (including phenoxy) is 2. The van der Waals surface area contributed by atoms with Gasteiger partial charge in [-0.2, -0.15) is 0 Å². The van der Waals surface area contributed by atoms with Crippen LogP contribution in [0.15, 0.2) is 0 Å². The fraction of sp³-hybridized carbons (Fsp3) is 0.357. The topological polar surface area (TPSA) is 69.7 Å². The summed E-state index contributed by atoms with van der Waals surface area (Å²) in [5.74, 6) is -19.7. The van der Waals surface area contributed by atoms with Crippen molar-refractivity contribution in [3.05, 3.63) is 34.6 Å². The van der Waals surface area contributed by atoms with Gasteiger partial charge in [0.2, 0.25) is 11.7 Å². The molecule has 0 unspecified atom stereocenters. The molecule has 1 aromatic rings. The van der Waals surface area contributed by atoms with Crippen LogP contribution in [-0.4, -0.2) is 30.9 Å². The van der Waals surface area contributed by atoms with Crippen molar-refractivity contribution in [2.75, 3.05) is 13.2 Å². The first-order valence-electron chi connectivity index (χ1n) is 6.57. The molecule has 0 amide bonds. The zero-order valence-corrected chi connectivity index (χ0v) is 12.4. The summed E-state index contributed by atoms with van der Waals surface area (Å²) in [6, 6.07) is 0. The summed E-state index contributed by atoms with van der Waals surface area (Å²) in [6.45, 7) is 2.00. The molecule has 1 aromatic carbocycles. The number of rotatable bonds is 6. The Bertz CT molecular complexity index is 642. The van der Waals surface area contributed by atoms with Gasteiger partial charge in [0.15, 0.2) is 29.1 Å². The van der Waals surface area contributed by atoms with Crippen LogP contribution in [-0.2, 0) is 19.1 Å². The van der Waals surface area contributed by atoms with Crippen LogP contribution >= 0.6 is 0 Å². The monoisotopic (exact) mass is 354 g/mol. The van der Waals surface area contributed by atoms with Gasteiger partial charge in [-0.3, -0.25) is 14.4 Å². The van der Waals surface area contributed by atoms with Crippen LogP contribution in [0.2, 0.25) is 0 Å². The molecule has 0 atom stereocenters. The first-order valence-corrected chi connectivity index (χ1v) is 6.57. The molecule has 0 fully saturated rings. The maximum atomic E-state index is 13.7. The summed E-state index contributed by atoms with van der Waals surface area (Å²) in [7, 11) is 0. The number of hydrogen-bond acceptors (Lipinski definition) is 5. The molecule has 24 heavy (non-hydrogen) atoms. The Labute approximate surface area is 132 Å². The molecule has 0 bridgehead atoms. The Morgan fingerprint density at radius 2 is 1.08 bits per heavy atom. The molecule has 0 heterocycles. The summed E-state index contributed by atoms with van der Waals surface area (Å²) in [4.78, 5) is 35.5.